The molecule has 1 amide bonds. The molecule has 3 heterocycles. The standard InChI is InChI=1S/C40H51Cl2N5O5/c1-3-51-39(50)28-12-14-30(15-13-28)52-40(46-16-6-7-17-46,47-20-18-45(19-21-47)25-27-10-11-27)37(48)23-29-22-34(42)35(24-33(29)41)43-38(49)32-26-44(2)36-9-5-4-8-31(32)36/h4-5,8-9,22,24,26-28,30H,3,6-7,10-21,23,25H2,1-2H3,(H,43,49). The molecule has 2 aliphatic carbocycles. The molecule has 2 saturated heterocycles. The predicted molar refractivity (Wildman–Crippen MR) is 204 cm³/mol. The maximum Gasteiger partial charge on any atom is 0.308 e. The fourth-order valence-corrected chi connectivity index (χ4v) is 8.88. The zero-order valence-electron chi connectivity index (χ0n) is 30.4. The number of anilines is 1. The first-order chi connectivity index (χ1) is 25.2. The molecule has 1 atom stereocenters. The van der Waals surface area contributed by atoms with Crippen molar-refractivity contribution >= 4 is 57.5 Å². The number of carbonyl (C=O) groups is 3. The Kier molecular flexibility index (Phi) is 11.6. The van der Waals surface area contributed by atoms with Gasteiger partial charge >= 0.3 is 5.97 Å². The Morgan fingerprint density at radius 3 is 2.27 bits per heavy atom. The first-order valence-corrected chi connectivity index (χ1v) is 19.9. The monoisotopic (exact) mass is 751 g/mol. The van der Waals surface area contributed by atoms with Crippen LogP contribution in [0.3, 0.4) is 0 Å². The van der Waals surface area contributed by atoms with Gasteiger partial charge in [-0.15, -0.1) is 0 Å². The Morgan fingerprint density at radius 1 is 0.885 bits per heavy atom. The molecule has 0 spiro atoms. The Bertz CT molecular complexity index is 1770. The number of benzene rings is 2. The lowest BCUT2D eigenvalue weighted by molar-refractivity contribution is -0.260. The number of hydrogen-bond acceptors (Lipinski definition) is 8. The topological polar surface area (TPSA) is 96.3 Å². The maximum atomic E-state index is 15.1. The van der Waals surface area contributed by atoms with E-state index in [-0.39, 0.29) is 36.1 Å². The van der Waals surface area contributed by atoms with Gasteiger partial charge in [-0.3, -0.25) is 24.2 Å². The summed E-state index contributed by atoms with van der Waals surface area (Å²) >= 11 is 13.7. The highest BCUT2D eigenvalue weighted by molar-refractivity contribution is 6.36. The highest BCUT2D eigenvalue weighted by Gasteiger charge is 2.53. The summed E-state index contributed by atoms with van der Waals surface area (Å²) in [7, 11) is 1.91. The highest BCUT2D eigenvalue weighted by Crippen LogP contribution is 2.39. The number of halogens is 2. The largest absolute Gasteiger partial charge is 0.466 e. The number of hydrogen-bond donors (Lipinski definition) is 1. The maximum absolute atomic E-state index is 15.1. The number of nitrogens with one attached hydrogen (secondary N) is 1. The molecule has 4 aliphatic rings. The minimum absolute atomic E-state index is 0.0209. The van der Waals surface area contributed by atoms with Crippen molar-refractivity contribution in [2.45, 2.75) is 76.7 Å². The van der Waals surface area contributed by atoms with E-state index in [1.54, 1.807) is 18.3 Å². The molecule has 1 N–H and O–H groups in total. The van der Waals surface area contributed by atoms with Crippen LogP contribution in [0.4, 0.5) is 5.69 Å². The van der Waals surface area contributed by atoms with Crippen molar-refractivity contribution in [2.24, 2.45) is 18.9 Å². The lowest BCUT2D eigenvalue weighted by atomic mass is 9.87. The van der Waals surface area contributed by atoms with Gasteiger partial charge in [0.15, 0.2) is 5.78 Å². The molecule has 4 fully saturated rings. The summed E-state index contributed by atoms with van der Waals surface area (Å²) in [6.07, 6.45) is 8.98. The normalized spacial score (nSPS) is 23.1. The Labute approximate surface area is 316 Å². The molecule has 2 aromatic carbocycles. The van der Waals surface area contributed by atoms with Gasteiger partial charge in [-0.2, -0.15) is 0 Å². The number of amides is 1. The summed E-state index contributed by atoms with van der Waals surface area (Å²) in [5.74, 6) is -1.10. The summed E-state index contributed by atoms with van der Waals surface area (Å²) in [6, 6.07) is 11.1. The van der Waals surface area contributed by atoms with Crippen LogP contribution >= 0.6 is 23.2 Å². The predicted octanol–water partition coefficient (Wildman–Crippen LogP) is 6.76. The molecule has 2 saturated carbocycles. The molecule has 2 aliphatic heterocycles. The third kappa shape index (κ3) is 7.93. The van der Waals surface area contributed by atoms with Gasteiger partial charge in [0.25, 0.3) is 5.91 Å². The number of carbonyl (C=O) groups excluding carboxylic acids is 3. The summed E-state index contributed by atoms with van der Waals surface area (Å²) in [5.41, 5.74) is 2.45. The number of para-hydroxylation sites is 1. The van der Waals surface area contributed by atoms with Crippen molar-refractivity contribution in [2.75, 3.05) is 57.7 Å². The quantitative estimate of drug-likeness (QED) is 0.192. The van der Waals surface area contributed by atoms with Gasteiger partial charge in [-0.05, 0) is 88.0 Å². The molecule has 52 heavy (non-hydrogen) atoms. The van der Waals surface area contributed by atoms with Crippen LogP contribution in [0.25, 0.3) is 10.9 Å². The van der Waals surface area contributed by atoms with Crippen molar-refractivity contribution in [3.8, 4) is 0 Å². The van der Waals surface area contributed by atoms with E-state index in [4.69, 9.17) is 32.7 Å². The molecule has 1 aromatic heterocycles. The summed E-state index contributed by atoms with van der Waals surface area (Å²) in [6.45, 7) is 8.07. The van der Waals surface area contributed by atoms with Crippen molar-refractivity contribution in [1.29, 1.82) is 0 Å². The molecule has 12 heteroatoms. The van der Waals surface area contributed by atoms with E-state index >= 15 is 4.79 Å². The van der Waals surface area contributed by atoms with Gasteiger partial charge in [0.1, 0.15) is 0 Å². The zero-order valence-corrected chi connectivity index (χ0v) is 31.9. The molecule has 0 bridgehead atoms. The molecular formula is C40H51Cl2N5O5. The van der Waals surface area contributed by atoms with E-state index in [0.717, 1.165) is 75.5 Å². The Morgan fingerprint density at radius 2 is 1.58 bits per heavy atom. The van der Waals surface area contributed by atoms with Crippen molar-refractivity contribution in [3.63, 3.8) is 0 Å². The molecule has 7 rings (SSSR count). The van der Waals surface area contributed by atoms with E-state index in [2.05, 4.69) is 20.0 Å². The van der Waals surface area contributed by atoms with Gasteiger partial charge < -0.3 is 24.3 Å². The number of nitrogens with zero attached hydrogens (tertiary/aromatic N) is 4. The van der Waals surface area contributed by atoms with Crippen LogP contribution in [-0.4, -0.2) is 101 Å². The summed E-state index contributed by atoms with van der Waals surface area (Å²) in [5, 5.41) is 4.44. The number of aromatic nitrogens is 1. The van der Waals surface area contributed by atoms with Crippen LogP contribution in [0.1, 0.15) is 74.2 Å². The minimum atomic E-state index is -1.26. The van der Waals surface area contributed by atoms with Crippen LogP contribution < -0.4 is 5.32 Å². The lowest BCUT2D eigenvalue weighted by Gasteiger charge is -2.52. The molecule has 1 unspecified atom stereocenters. The average molecular weight is 753 g/mol. The van der Waals surface area contributed by atoms with Crippen molar-refractivity contribution < 1.29 is 23.9 Å². The second kappa shape index (κ2) is 16.2. The fraction of sp³-hybridized carbons (Fsp3) is 0.575. The number of likely N-dealkylation sites (tertiary alicyclic amines) is 1. The second-order valence-electron chi connectivity index (χ2n) is 15.0. The minimum Gasteiger partial charge on any atom is -0.466 e. The second-order valence-corrected chi connectivity index (χ2v) is 15.8. The van der Waals surface area contributed by atoms with E-state index < -0.39 is 5.85 Å². The summed E-state index contributed by atoms with van der Waals surface area (Å²) in [4.78, 5) is 48.1. The Hall–Kier alpha value is -2.99. The van der Waals surface area contributed by atoms with Gasteiger partial charge in [0, 0.05) is 81.4 Å². The van der Waals surface area contributed by atoms with E-state index in [9.17, 15) is 9.59 Å². The molecule has 0 radical (unpaired) electrons. The van der Waals surface area contributed by atoms with Crippen LogP contribution in [-0.2, 0) is 32.5 Å². The summed E-state index contributed by atoms with van der Waals surface area (Å²) < 4.78 is 14.4. The number of ether oxygens (including phenoxy) is 2. The zero-order chi connectivity index (χ0) is 36.4. The van der Waals surface area contributed by atoms with Crippen LogP contribution in [0.5, 0.6) is 0 Å². The van der Waals surface area contributed by atoms with Crippen molar-refractivity contribution in [3.05, 3.63) is 63.8 Å². The third-order valence-electron chi connectivity index (χ3n) is 11.4. The molecule has 280 valence electrons. The average Bonchev–Trinajstić information content (AvgIpc) is 3.65. The van der Waals surface area contributed by atoms with Gasteiger partial charge in [-0.1, -0.05) is 41.4 Å². The number of fused-ring (bicyclic) bond motifs is 1. The van der Waals surface area contributed by atoms with Gasteiger partial charge in [0.05, 0.1) is 34.9 Å². The number of esters is 1. The number of rotatable bonds is 13. The van der Waals surface area contributed by atoms with Gasteiger partial charge in [-0.25, -0.2) is 0 Å². The molecule has 10 nitrogen and oxygen atoms in total. The van der Waals surface area contributed by atoms with Crippen LogP contribution in [0.2, 0.25) is 10.0 Å². The molecular weight excluding hydrogens is 701 g/mol. The van der Waals surface area contributed by atoms with E-state index in [1.807, 2.05) is 42.8 Å². The van der Waals surface area contributed by atoms with Crippen LogP contribution in [0.15, 0.2) is 42.6 Å². The van der Waals surface area contributed by atoms with Crippen molar-refractivity contribution in [1.82, 2.24) is 19.3 Å². The number of piperazine rings is 1. The smallest absolute Gasteiger partial charge is 0.308 e. The van der Waals surface area contributed by atoms with E-state index in [1.165, 1.54) is 12.8 Å². The fourth-order valence-electron chi connectivity index (χ4n) is 8.42. The van der Waals surface area contributed by atoms with E-state index in [0.29, 0.717) is 59.1 Å². The molecule has 3 aromatic rings. The first-order valence-electron chi connectivity index (χ1n) is 19.1. The van der Waals surface area contributed by atoms with Gasteiger partial charge in [0.2, 0.25) is 5.85 Å². The number of aryl methyl sites for hydroxylation is 1. The number of ketones is 1. The third-order valence-corrected chi connectivity index (χ3v) is 12.1. The lowest BCUT2D eigenvalue weighted by Crippen LogP contribution is -2.70. The van der Waals surface area contributed by atoms with Crippen LogP contribution in [0, 0.1) is 11.8 Å². The Balaban J connectivity index is 1.14. The first kappa shape index (κ1) is 37.3. The highest BCUT2D eigenvalue weighted by atomic mass is 35.5. The SMILES string of the molecule is CCOC(=O)C1CCC(OC(C(=O)Cc2cc(Cl)c(NC(=O)c3cn(C)c4ccccc34)cc2Cl)(N2CCCC2)N2CCN(CC3CC3)CC2)CC1. The number of Topliss-reactive ketones (excluding diaryl/α,β-unsaturated/α-hetero) is 1.